The summed E-state index contributed by atoms with van der Waals surface area (Å²) in [5, 5.41) is 9.71. The van der Waals surface area contributed by atoms with Crippen molar-refractivity contribution in [2.75, 3.05) is 13.7 Å². The van der Waals surface area contributed by atoms with Crippen molar-refractivity contribution in [3.63, 3.8) is 0 Å². The molecule has 88 valence electrons. The fourth-order valence-electron chi connectivity index (χ4n) is 1.29. The van der Waals surface area contributed by atoms with Gasteiger partial charge in [0.05, 0.1) is 13.7 Å². The zero-order valence-corrected chi connectivity index (χ0v) is 9.47. The lowest BCUT2D eigenvalue weighted by atomic mass is 10.1. The third-order valence-electron chi connectivity index (χ3n) is 2.10. The van der Waals surface area contributed by atoms with E-state index in [4.69, 9.17) is 4.74 Å². The van der Waals surface area contributed by atoms with Gasteiger partial charge in [-0.3, -0.25) is 0 Å². The van der Waals surface area contributed by atoms with Crippen LogP contribution in [0.25, 0.3) is 0 Å². The molecule has 1 rings (SSSR count). The predicted octanol–water partition coefficient (Wildman–Crippen LogP) is 1.68. The van der Waals surface area contributed by atoms with Crippen LogP contribution in [-0.4, -0.2) is 24.8 Å². The first kappa shape index (κ1) is 12.5. The van der Waals surface area contributed by atoms with E-state index in [0.717, 1.165) is 6.42 Å². The molecule has 0 saturated carbocycles. The van der Waals surface area contributed by atoms with Crippen LogP contribution >= 0.6 is 0 Å². The van der Waals surface area contributed by atoms with Crippen molar-refractivity contribution in [1.82, 2.24) is 0 Å². The molecule has 4 heteroatoms. The largest absolute Gasteiger partial charge is 0.493 e. The molecule has 16 heavy (non-hydrogen) atoms. The zero-order valence-electron chi connectivity index (χ0n) is 9.47. The zero-order chi connectivity index (χ0) is 12.0. The molecule has 4 nitrogen and oxygen atoms in total. The Bertz CT molecular complexity index is 349. The van der Waals surface area contributed by atoms with Gasteiger partial charge in [0, 0.05) is 5.56 Å². The van der Waals surface area contributed by atoms with Gasteiger partial charge in [0.2, 0.25) is 0 Å². The van der Waals surface area contributed by atoms with Gasteiger partial charge in [0.15, 0.2) is 6.10 Å². The summed E-state index contributed by atoms with van der Waals surface area (Å²) in [5.74, 6) is -0.171. The number of aliphatic hydroxyl groups excluding tert-OH is 1. The second kappa shape index (κ2) is 6.12. The average Bonchev–Trinajstić information content (AvgIpc) is 2.34. The van der Waals surface area contributed by atoms with Crippen molar-refractivity contribution in [2.45, 2.75) is 19.4 Å². The van der Waals surface area contributed by atoms with E-state index in [0.29, 0.717) is 17.9 Å². The molecule has 0 amide bonds. The molecule has 0 radical (unpaired) electrons. The van der Waals surface area contributed by atoms with Gasteiger partial charge in [-0.15, -0.1) is 0 Å². The molecule has 0 aliphatic rings. The Hall–Kier alpha value is -1.55. The third kappa shape index (κ3) is 2.97. The van der Waals surface area contributed by atoms with Crippen LogP contribution < -0.4 is 4.74 Å². The molecule has 0 fully saturated rings. The van der Waals surface area contributed by atoms with Gasteiger partial charge < -0.3 is 14.6 Å². The summed E-state index contributed by atoms with van der Waals surface area (Å²) in [6, 6.07) is 6.89. The first-order valence-corrected chi connectivity index (χ1v) is 5.18. The molecular weight excluding hydrogens is 208 g/mol. The van der Waals surface area contributed by atoms with E-state index < -0.39 is 12.1 Å². The van der Waals surface area contributed by atoms with Crippen LogP contribution in [0.3, 0.4) is 0 Å². The van der Waals surface area contributed by atoms with E-state index in [1.165, 1.54) is 7.11 Å². The fourth-order valence-corrected chi connectivity index (χ4v) is 1.29. The van der Waals surface area contributed by atoms with Crippen LogP contribution in [0.2, 0.25) is 0 Å². The van der Waals surface area contributed by atoms with Gasteiger partial charge >= 0.3 is 5.97 Å². The summed E-state index contributed by atoms with van der Waals surface area (Å²) in [6.07, 6.45) is -0.430. The minimum Gasteiger partial charge on any atom is -0.493 e. The van der Waals surface area contributed by atoms with Gasteiger partial charge in [-0.1, -0.05) is 25.1 Å². The molecule has 0 spiro atoms. The van der Waals surface area contributed by atoms with E-state index in [1.54, 1.807) is 24.3 Å². The second-order valence-corrected chi connectivity index (χ2v) is 3.31. The number of benzene rings is 1. The molecular formula is C12H16O4. The molecule has 1 unspecified atom stereocenters. The first-order valence-electron chi connectivity index (χ1n) is 5.18. The number of carbonyl (C=O) groups is 1. The smallest absolute Gasteiger partial charge is 0.339 e. The number of para-hydroxylation sites is 1. The number of rotatable bonds is 5. The predicted molar refractivity (Wildman–Crippen MR) is 59.2 cm³/mol. The average molecular weight is 224 g/mol. The summed E-state index contributed by atoms with van der Waals surface area (Å²) >= 11 is 0. The van der Waals surface area contributed by atoms with Gasteiger partial charge in [-0.25, -0.2) is 4.79 Å². The fraction of sp³-hybridized carbons (Fsp3) is 0.417. The molecule has 0 aliphatic heterocycles. The van der Waals surface area contributed by atoms with Crippen LogP contribution in [0, 0.1) is 0 Å². The van der Waals surface area contributed by atoms with Crippen molar-refractivity contribution < 1.29 is 19.4 Å². The Balaban J connectivity index is 2.89. The number of hydrogen-bond acceptors (Lipinski definition) is 4. The minimum atomic E-state index is -1.29. The van der Waals surface area contributed by atoms with E-state index in [-0.39, 0.29) is 0 Å². The quantitative estimate of drug-likeness (QED) is 0.773. The number of ether oxygens (including phenoxy) is 2. The van der Waals surface area contributed by atoms with E-state index in [9.17, 15) is 9.90 Å². The van der Waals surface area contributed by atoms with Gasteiger partial charge in [-0.2, -0.15) is 0 Å². The van der Waals surface area contributed by atoms with Crippen molar-refractivity contribution in [3.8, 4) is 5.75 Å². The lowest BCUT2D eigenvalue weighted by molar-refractivity contribution is -0.150. The standard InChI is InChI=1S/C12H16O4/c1-3-8-16-10-7-5-4-6-9(10)11(13)12(14)15-2/h4-7,11,13H,3,8H2,1-2H3. The Morgan fingerprint density at radius 2 is 2.12 bits per heavy atom. The number of carbonyl (C=O) groups excluding carboxylic acids is 1. The Labute approximate surface area is 94.8 Å². The van der Waals surface area contributed by atoms with E-state index in [1.807, 2.05) is 6.92 Å². The SMILES string of the molecule is CCCOc1ccccc1C(O)C(=O)OC. The van der Waals surface area contributed by atoms with Gasteiger partial charge in [0.1, 0.15) is 5.75 Å². The van der Waals surface area contributed by atoms with Crippen molar-refractivity contribution in [2.24, 2.45) is 0 Å². The molecule has 0 aromatic heterocycles. The summed E-state index contributed by atoms with van der Waals surface area (Å²) < 4.78 is 9.92. The molecule has 1 aromatic carbocycles. The lowest BCUT2D eigenvalue weighted by Gasteiger charge is -2.14. The van der Waals surface area contributed by atoms with Gasteiger partial charge in [-0.05, 0) is 12.5 Å². The van der Waals surface area contributed by atoms with Crippen LogP contribution in [0.4, 0.5) is 0 Å². The highest BCUT2D eigenvalue weighted by molar-refractivity contribution is 5.77. The van der Waals surface area contributed by atoms with Crippen molar-refractivity contribution in [3.05, 3.63) is 29.8 Å². The van der Waals surface area contributed by atoms with Crippen molar-refractivity contribution >= 4 is 5.97 Å². The molecule has 0 heterocycles. The molecule has 1 aromatic rings. The summed E-state index contributed by atoms with van der Waals surface area (Å²) in [5.41, 5.74) is 0.433. The highest BCUT2D eigenvalue weighted by Crippen LogP contribution is 2.25. The molecule has 0 bridgehead atoms. The highest BCUT2D eigenvalue weighted by Gasteiger charge is 2.21. The minimum absolute atomic E-state index is 0.433. The normalized spacial score (nSPS) is 11.9. The molecule has 0 saturated heterocycles. The summed E-state index contributed by atoms with van der Waals surface area (Å²) in [7, 11) is 1.24. The highest BCUT2D eigenvalue weighted by atomic mass is 16.5. The maximum atomic E-state index is 11.2. The van der Waals surface area contributed by atoms with Crippen LogP contribution in [0.15, 0.2) is 24.3 Å². The monoisotopic (exact) mass is 224 g/mol. The van der Waals surface area contributed by atoms with Crippen LogP contribution in [-0.2, 0) is 9.53 Å². The Morgan fingerprint density at radius 3 is 2.75 bits per heavy atom. The maximum absolute atomic E-state index is 11.2. The summed E-state index contributed by atoms with van der Waals surface area (Å²) in [6.45, 7) is 2.53. The topological polar surface area (TPSA) is 55.8 Å². The van der Waals surface area contributed by atoms with Crippen molar-refractivity contribution in [1.29, 1.82) is 0 Å². The summed E-state index contributed by atoms with van der Waals surface area (Å²) in [4.78, 5) is 11.2. The third-order valence-corrected chi connectivity index (χ3v) is 2.10. The second-order valence-electron chi connectivity index (χ2n) is 3.31. The Kier molecular flexibility index (Phi) is 4.79. The number of methoxy groups -OCH3 is 1. The first-order chi connectivity index (χ1) is 7.70. The number of esters is 1. The number of hydrogen-bond donors (Lipinski definition) is 1. The Morgan fingerprint density at radius 1 is 1.44 bits per heavy atom. The molecule has 1 atom stereocenters. The van der Waals surface area contributed by atoms with E-state index in [2.05, 4.69) is 4.74 Å². The van der Waals surface area contributed by atoms with Crippen LogP contribution in [0.5, 0.6) is 5.75 Å². The molecule has 0 aliphatic carbocycles. The maximum Gasteiger partial charge on any atom is 0.339 e. The van der Waals surface area contributed by atoms with Crippen LogP contribution in [0.1, 0.15) is 25.0 Å². The molecule has 1 N–H and O–H groups in total. The lowest BCUT2D eigenvalue weighted by Crippen LogP contribution is -2.14. The van der Waals surface area contributed by atoms with E-state index >= 15 is 0 Å². The van der Waals surface area contributed by atoms with Gasteiger partial charge in [0.25, 0.3) is 0 Å². The number of aliphatic hydroxyl groups is 1.